The summed E-state index contributed by atoms with van der Waals surface area (Å²) in [5.41, 5.74) is 0.866. The summed E-state index contributed by atoms with van der Waals surface area (Å²) in [6.45, 7) is 4.16. The molecule has 0 saturated carbocycles. The highest BCUT2D eigenvalue weighted by Gasteiger charge is 2.17. The zero-order valence-electron chi connectivity index (χ0n) is 10.1. The summed E-state index contributed by atoms with van der Waals surface area (Å²) in [7, 11) is -4.17. The first-order chi connectivity index (χ1) is 7.88. The van der Waals surface area contributed by atoms with Gasteiger partial charge in [-0.3, -0.25) is 4.55 Å². The van der Waals surface area contributed by atoms with Crippen LogP contribution in [0.15, 0.2) is 30.3 Å². The second-order valence-corrected chi connectivity index (χ2v) is 5.71. The lowest BCUT2D eigenvalue weighted by molar-refractivity contribution is 0.430. The lowest BCUT2D eigenvalue weighted by atomic mass is 9.98. The Morgan fingerprint density at radius 3 is 2.24 bits per heavy atom. The van der Waals surface area contributed by atoms with Crippen LogP contribution < -0.4 is 4.72 Å². The topological polar surface area (TPSA) is 66.4 Å². The van der Waals surface area contributed by atoms with Crippen LogP contribution in [0.5, 0.6) is 0 Å². The van der Waals surface area contributed by atoms with Crippen molar-refractivity contribution in [3.05, 3.63) is 35.9 Å². The van der Waals surface area contributed by atoms with Crippen molar-refractivity contribution in [3.63, 3.8) is 0 Å². The van der Waals surface area contributed by atoms with Crippen molar-refractivity contribution in [3.8, 4) is 0 Å². The van der Waals surface area contributed by atoms with Crippen LogP contribution in [0.4, 0.5) is 0 Å². The first kappa shape index (κ1) is 14.2. The number of hydrogen-bond donors (Lipinski definition) is 2. The Bertz CT molecular complexity index is 428. The van der Waals surface area contributed by atoms with Gasteiger partial charge in [-0.05, 0) is 24.3 Å². The normalized spacial score (nSPS) is 13.9. The zero-order valence-corrected chi connectivity index (χ0v) is 10.9. The Morgan fingerprint density at radius 1 is 1.18 bits per heavy atom. The molecule has 0 aromatic heterocycles. The summed E-state index contributed by atoms with van der Waals surface area (Å²) in [6, 6.07) is 8.91. The summed E-state index contributed by atoms with van der Waals surface area (Å²) >= 11 is 0. The fourth-order valence-corrected chi connectivity index (χ4v) is 2.27. The van der Waals surface area contributed by atoms with Crippen molar-refractivity contribution in [2.75, 3.05) is 0 Å². The molecule has 0 aliphatic heterocycles. The third-order valence-corrected chi connectivity index (χ3v) is 3.11. The smallest absolute Gasteiger partial charge is 0.273 e. The molecule has 0 aliphatic carbocycles. The zero-order chi connectivity index (χ0) is 12.9. The Kier molecular flexibility index (Phi) is 5.11. The molecule has 4 nitrogen and oxygen atoms in total. The van der Waals surface area contributed by atoms with E-state index in [1.165, 1.54) is 0 Å². The molecule has 0 bridgehead atoms. The van der Waals surface area contributed by atoms with E-state index in [0.29, 0.717) is 12.3 Å². The lowest BCUT2D eigenvalue weighted by Crippen LogP contribution is -2.28. The SMILES string of the molecule is CC(C)CCC(NS(=O)(=O)O)c1ccccc1. The molecule has 0 saturated heterocycles. The average molecular weight is 257 g/mol. The van der Waals surface area contributed by atoms with E-state index in [0.717, 1.165) is 12.0 Å². The van der Waals surface area contributed by atoms with Crippen LogP contribution in [0.3, 0.4) is 0 Å². The molecular formula is C12H19NO3S. The fourth-order valence-electron chi connectivity index (χ4n) is 1.66. The Labute approximate surface area is 103 Å². The van der Waals surface area contributed by atoms with Gasteiger partial charge in [-0.1, -0.05) is 44.2 Å². The van der Waals surface area contributed by atoms with Crippen LogP contribution in [-0.4, -0.2) is 13.0 Å². The third-order valence-electron chi connectivity index (χ3n) is 2.53. The van der Waals surface area contributed by atoms with E-state index in [1.54, 1.807) is 0 Å². The van der Waals surface area contributed by atoms with Gasteiger partial charge in [-0.2, -0.15) is 13.1 Å². The minimum absolute atomic E-state index is 0.367. The molecule has 96 valence electrons. The van der Waals surface area contributed by atoms with Gasteiger partial charge in [0.1, 0.15) is 0 Å². The van der Waals surface area contributed by atoms with Gasteiger partial charge in [0.05, 0.1) is 0 Å². The van der Waals surface area contributed by atoms with Gasteiger partial charge in [0.25, 0.3) is 0 Å². The Morgan fingerprint density at radius 2 is 1.76 bits per heavy atom. The quantitative estimate of drug-likeness (QED) is 0.770. The van der Waals surface area contributed by atoms with E-state index in [9.17, 15) is 8.42 Å². The van der Waals surface area contributed by atoms with Gasteiger partial charge in [0.2, 0.25) is 0 Å². The molecule has 1 unspecified atom stereocenters. The number of hydrogen-bond acceptors (Lipinski definition) is 2. The molecule has 0 aliphatic rings. The number of rotatable bonds is 6. The maximum absolute atomic E-state index is 10.9. The van der Waals surface area contributed by atoms with Gasteiger partial charge < -0.3 is 0 Å². The number of benzene rings is 1. The fraction of sp³-hybridized carbons (Fsp3) is 0.500. The van der Waals surface area contributed by atoms with Crippen molar-refractivity contribution >= 4 is 10.3 Å². The van der Waals surface area contributed by atoms with Crippen LogP contribution >= 0.6 is 0 Å². The molecule has 1 rings (SSSR count). The largest absolute Gasteiger partial charge is 0.333 e. The molecule has 1 aromatic carbocycles. The first-order valence-corrected chi connectivity index (χ1v) is 7.12. The van der Waals surface area contributed by atoms with Crippen molar-refractivity contribution in [2.24, 2.45) is 5.92 Å². The van der Waals surface area contributed by atoms with Crippen molar-refractivity contribution < 1.29 is 13.0 Å². The van der Waals surface area contributed by atoms with Crippen LogP contribution in [0.25, 0.3) is 0 Å². The monoisotopic (exact) mass is 257 g/mol. The van der Waals surface area contributed by atoms with Crippen LogP contribution in [0, 0.1) is 5.92 Å². The number of nitrogens with one attached hydrogen (secondary N) is 1. The minimum Gasteiger partial charge on any atom is -0.273 e. The van der Waals surface area contributed by atoms with E-state index in [2.05, 4.69) is 18.6 Å². The molecule has 1 aromatic rings. The van der Waals surface area contributed by atoms with E-state index in [-0.39, 0.29) is 6.04 Å². The minimum atomic E-state index is -4.17. The molecular weight excluding hydrogens is 238 g/mol. The summed E-state index contributed by atoms with van der Waals surface area (Å²) in [4.78, 5) is 0. The molecule has 0 fully saturated rings. The van der Waals surface area contributed by atoms with E-state index in [4.69, 9.17) is 4.55 Å². The summed E-state index contributed by atoms with van der Waals surface area (Å²) < 4.78 is 32.9. The van der Waals surface area contributed by atoms with Crippen molar-refractivity contribution in [1.29, 1.82) is 0 Å². The van der Waals surface area contributed by atoms with Gasteiger partial charge in [-0.15, -0.1) is 0 Å². The molecule has 0 amide bonds. The summed E-state index contributed by atoms with van der Waals surface area (Å²) in [5, 5.41) is 0. The molecule has 0 radical (unpaired) electrons. The van der Waals surface area contributed by atoms with Crippen LogP contribution in [-0.2, 0) is 10.3 Å². The third kappa shape index (κ3) is 5.81. The van der Waals surface area contributed by atoms with Crippen LogP contribution in [0.1, 0.15) is 38.3 Å². The molecule has 1 atom stereocenters. The molecule has 0 spiro atoms. The Hall–Kier alpha value is -0.910. The predicted molar refractivity (Wildman–Crippen MR) is 67.9 cm³/mol. The molecule has 0 heterocycles. The van der Waals surface area contributed by atoms with Gasteiger partial charge in [-0.25, -0.2) is 0 Å². The highest BCUT2D eigenvalue weighted by atomic mass is 32.2. The van der Waals surface area contributed by atoms with Crippen molar-refractivity contribution in [2.45, 2.75) is 32.7 Å². The second-order valence-electron chi connectivity index (χ2n) is 4.53. The van der Waals surface area contributed by atoms with Crippen molar-refractivity contribution in [1.82, 2.24) is 4.72 Å². The first-order valence-electron chi connectivity index (χ1n) is 5.68. The second kappa shape index (κ2) is 6.14. The van der Waals surface area contributed by atoms with Crippen LogP contribution in [0.2, 0.25) is 0 Å². The lowest BCUT2D eigenvalue weighted by Gasteiger charge is -2.18. The molecule has 5 heteroatoms. The van der Waals surface area contributed by atoms with E-state index >= 15 is 0 Å². The van der Waals surface area contributed by atoms with E-state index < -0.39 is 10.3 Å². The standard InChI is InChI=1S/C12H19NO3S/c1-10(2)8-9-12(13-17(14,15)16)11-6-4-3-5-7-11/h3-7,10,12-13H,8-9H2,1-2H3,(H,14,15,16). The van der Waals surface area contributed by atoms with Gasteiger partial charge in [0.15, 0.2) is 0 Å². The summed E-state index contributed by atoms with van der Waals surface area (Å²) in [5.74, 6) is 0.490. The average Bonchev–Trinajstić information content (AvgIpc) is 2.24. The molecule has 2 N–H and O–H groups in total. The molecule has 17 heavy (non-hydrogen) atoms. The predicted octanol–water partition coefficient (Wildman–Crippen LogP) is 2.56. The maximum Gasteiger partial charge on any atom is 0.333 e. The van der Waals surface area contributed by atoms with Gasteiger partial charge in [0, 0.05) is 6.04 Å². The highest BCUT2D eigenvalue weighted by molar-refractivity contribution is 7.83. The highest BCUT2D eigenvalue weighted by Crippen LogP contribution is 2.21. The van der Waals surface area contributed by atoms with E-state index in [1.807, 2.05) is 30.3 Å². The summed E-state index contributed by atoms with van der Waals surface area (Å²) in [6.07, 6.45) is 1.56. The Balaban J connectivity index is 2.79. The van der Waals surface area contributed by atoms with Gasteiger partial charge >= 0.3 is 10.3 Å². The maximum atomic E-state index is 10.9.